The lowest BCUT2D eigenvalue weighted by molar-refractivity contribution is -0.116. The number of carbonyl (C=O) groups excluding carboxylic acids is 1. The molecule has 134 valence electrons. The van der Waals surface area contributed by atoms with Crippen LogP contribution in [0.25, 0.3) is 0 Å². The number of nitrogens with zero attached hydrogens (tertiary/aromatic N) is 1. The summed E-state index contributed by atoms with van der Waals surface area (Å²) in [5.41, 5.74) is 3.51. The molecule has 0 spiro atoms. The van der Waals surface area contributed by atoms with Crippen molar-refractivity contribution in [2.24, 2.45) is 4.99 Å². The summed E-state index contributed by atoms with van der Waals surface area (Å²) in [5, 5.41) is 10.6. The van der Waals surface area contributed by atoms with Crippen molar-refractivity contribution in [1.29, 1.82) is 0 Å². The summed E-state index contributed by atoms with van der Waals surface area (Å²) in [5.74, 6) is 0.244. The van der Waals surface area contributed by atoms with Gasteiger partial charge in [0.05, 0.1) is 5.57 Å². The highest BCUT2D eigenvalue weighted by Crippen LogP contribution is 2.34. The number of ketones is 1. The molecule has 2 aromatic rings. The first-order valence-electron chi connectivity index (χ1n) is 9.27. The second-order valence-corrected chi connectivity index (χ2v) is 6.68. The largest absolute Gasteiger partial charge is 0.511 e. The third-order valence-corrected chi connectivity index (χ3v) is 4.88. The highest BCUT2D eigenvalue weighted by molar-refractivity contribution is 6.23. The Morgan fingerprint density at radius 2 is 1.69 bits per heavy atom. The number of Topliss-reactive ketones (excluding diaryl/α,β-unsaturated/α-hetero) is 1. The van der Waals surface area contributed by atoms with Gasteiger partial charge in [-0.2, -0.15) is 0 Å². The summed E-state index contributed by atoms with van der Waals surface area (Å²) in [6.45, 7) is 2.61. The Bertz CT molecular complexity index is 807. The van der Waals surface area contributed by atoms with E-state index in [9.17, 15) is 9.90 Å². The molecule has 2 aromatic carbocycles. The zero-order valence-electron chi connectivity index (χ0n) is 15.2. The monoisotopic (exact) mass is 347 g/mol. The van der Waals surface area contributed by atoms with E-state index in [4.69, 9.17) is 0 Å². The lowest BCUT2D eigenvalue weighted by Crippen LogP contribution is -2.23. The van der Waals surface area contributed by atoms with Gasteiger partial charge >= 0.3 is 0 Å². The molecular formula is C23H25NO2. The van der Waals surface area contributed by atoms with E-state index in [2.05, 4.69) is 17.1 Å². The van der Waals surface area contributed by atoms with Crippen LogP contribution in [0, 0.1) is 0 Å². The first kappa shape index (κ1) is 18.1. The Kier molecular flexibility index (Phi) is 6.00. The number of hydrogen-bond acceptors (Lipinski definition) is 3. The molecule has 0 saturated heterocycles. The standard InChI is InChI=1S/C23H25NO2/c1-2-20(24-14-13-17-9-5-3-6-10-17)23-21(25)15-19(16-22(23)26)18-11-7-4-8-12-18/h3-12,19,25H,2,13-16H2,1H3/t19-/m1/s1. The fraction of sp³-hybridized carbons (Fsp3) is 0.304. The SMILES string of the molecule is CCC(=NCCc1ccccc1)C1=C(O)C[C@@H](c2ccccc2)CC1=O. The Hall–Kier alpha value is -2.68. The zero-order valence-corrected chi connectivity index (χ0v) is 15.2. The maximum absolute atomic E-state index is 12.7. The highest BCUT2D eigenvalue weighted by Gasteiger charge is 2.30. The normalized spacial score (nSPS) is 18.3. The second kappa shape index (κ2) is 8.61. The number of aliphatic imine (C=N–C) groups is 1. The van der Waals surface area contributed by atoms with Crippen molar-refractivity contribution in [3.05, 3.63) is 83.1 Å². The predicted molar refractivity (Wildman–Crippen MR) is 106 cm³/mol. The van der Waals surface area contributed by atoms with Crippen LogP contribution in [-0.2, 0) is 11.2 Å². The van der Waals surface area contributed by atoms with E-state index < -0.39 is 0 Å². The van der Waals surface area contributed by atoms with Gasteiger partial charge in [0.1, 0.15) is 5.76 Å². The van der Waals surface area contributed by atoms with Gasteiger partial charge in [0.25, 0.3) is 0 Å². The fourth-order valence-electron chi connectivity index (χ4n) is 3.52. The molecule has 3 nitrogen and oxygen atoms in total. The minimum absolute atomic E-state index is 0.00270. The quantitative estimate of drug-likeness (QED) is 0.744. The lowest BCUT2D eigenvalue weighted by Gasteiger charge is -2.24. The summed E-state index contributed by atoms with van der Waals surface area (Å²) in [7, 11) is 0. The van der Waals surface area contributed by atoms with Crippen molar-refractivity contribution < 1.29 is 9.90 Å². The Morgan fingerprint density at radius 1 is 1.04 bits per heavy atom. The van der Waals surface area contributed by atoms with Gasteiger partial charge in [0, 0.05) is 25.1 Å². The molecule has 0 fully saturated rings. The van der Waals surface area contributed by atoms with Crippen LogP contribution < -0.4 is 0 Å². The van der Waals surface area contributed by atoms with E-state index >= 15 is 0 Å². The Balaban J connectivity index is 1.75. The van der Waals surface area contributed by atoms with E-state index in [0.717, 1.165) is 17.7 Å². The fourth-order valence-corrected chi connectivity index (χ4v) is 3.52. The molecule has 3 rings (SSSR count). The van der Waals surface area contributed by atoms with Crippen molar-refractivity contribution in [2.75, 3.05) is 6.54 Å². The number of allylic oxidation sites excluding steroid dienone is 2. The molecule has 0 amide bonds. The summed E-state index contributed by atoms with van der Waals surface area (Å²) < 4.78 is 0. The number of rotatable bonds is 6. The maximum atomic E-state index is 12.7. The van der Waals surface area contributed by atoms with Crippen LogP contribution in [0.15, 0.2) is 77.0 Å². The van der Waals surface area contributed by atoms with Crippen LogP contribution in [0.1, 0.15) is 43.2 Å². The van der Waals surface area contributed by atoms with Crippen LogP contribution in [0.5, 0.6) is 0 Å². The number of aliphatic hydroxyl groups excluding tert-OH is 1. The molecule has 0 aromatic heterocycles. The van der Waals surface area contributed by atoms with Crippen molar-refractivity contribution >= 4 is 11.5 Å². The number of carbonyl (C=O) groups is 1. The van der Waals surface area contributed by atoms with Gasteiger partial charge in [0.15, 0.2) is 5.78 Å². The molecule has 1 atom stereocenters. The lowest BCUT2D eigenvalue weighted by atomic mass is 9.81. The summed E-state index contributed by atoms with van der Waals surface area (Å²) in [6.07, 6.45) is 2.42. The van der Waals surface area contributed by atoms with E-state index in [0.29, 0.717) is 31.4 Å². The van der Waals surface area contributed by atoms with Crippen molar-refractivity contribution in [3.8, 4) is 0 Å². The molecule has 1 aliphatic rings. The molecule has 3 heteroatoms. The summed E-state index contributed by atoms with van der Waals surface area (Å²) >= 11 is 0. The van der Waals surface area contributed by atoms with E-state index in [1.165, 1.54) is 5.56 Å². The number of hydrogen-bond donors (Lipinski definition) is 1. The topological polar surface area (TPSA) is 49.7 Å². The van der Waals surface area contributed by atoms with Crippen molar-refractivity contribution in [2.45, 2.75) is 38.5 Å². The smallest absolute Gasteiger partial charge is 0.168 e. The number of benzene rings is 2. The van der Waals surface area contributed by atoms with Crippen molar-refractivity contribution in [3.63, 3.8) is 0 Å². The minimum Gasteiger partial charge on any atom is -0.511 e. The van der Waals surface area contributed by atoms with Gasteiger partial charge in [-0.3, -0.25) is 9.79 Å². The van der Waals surface area contributed by atoms with Gasteiger partial charge in [-0.1, -0.05) is 67.6 Å². The summed E-state index contributed by atoms with van der Waals surface area (Å²) in [6, 6.07) is 20.1. The highest BCUT2D eigenvalue weighted by atomic mass is 16.3. The van der Waals surface area contributed by atoms with Crippen molar-refractivity contribution in [1.82, 2.24) is 0 Å². The molecule has 26 heavy (non-hydrogen) atoms. The Morgan fingerprint density at radius 3 is 2.31 bits per heavy atom. The molecular weight excluding hydrogens is 322 g/mol. The van der Waals surface area contributed by atoms with Crippen LogP contribution in [0.3, 0.4) is 0 Å². The maximum Gasteiger partial charge on any atom is 0.168 e. The van der Waals surface area contributed by atoms with Crippen LogP contribution in [-0.4, -0.2) is 23.1 Å². The van der Waals surface area contributed by atoms with Gasteiger partial charge in [-0.05, 0) is 29.9 Å². The van der Waals surface area contributed by atoms with Gasteiger partial charge in [-0.15, -0.1) is 0 Å². The zero-order chi connectivity index (χ0) is 18.4. The van der Waals surface area contributed by atoms with Gasteiger partial charge in [-0.25, -0.2) is 0 Å². The molecule has 0 heterocycles. The van der Waals surface area contributed by atoms with Crippen LogP contribution in [0.2, 0.25) is 0 Å². The number of aliphatic hydroxyl groups is 1. The molecule has 1 N–H and O–H groups in total. The molecule has 1 aliphatic carbocycles. The van der Waals surface area contributed by atoms with Gasteiger partial charge < -0.3 is 5.11 Å². The molecule has 0 saturated carbocycles. The first-order valence-corrected chi connectivity index (χ1v) is 9.27. The predicted octanol–water partition coefficient (Wildman–Crippen LogP) is 5.04. The van der Waals surface area contributed by atoms with E-state index in [1.54, 1.807) is 0 Å². The van der Waals surface area contributed by atoms with E-state index in [1.807, 2.05) is 55.5 Å². The average molecular weight is 347 g/mol. The Labute approximate surface area is 155 Å². The van der Waals surface area contributed by atoms with Crippen LogP contribution in [0.4, 0.5) is 0 Å². The van der Waals surface area contributed by atoms with E-state index in [-0.39, 0.29) is 17.5 Å². The minimum atomic E-state index is 0.00270. The molecule has 0 radical (unpaired) electrons. The molecule has 0 unspecified atom stereocenters. The summed E-state index contributed by atoms with van der Waals surface area (Å²) in [4.78, 5) is 17.4. The first-order chi connectivity index (χ1) is 12.7. The second-order valence-electron chi connectivity index (χ2n) is 6.68. The molecule has 0 aliphatic heterocycles. The van der Waals surface area contributed by atoms with Gasteiger partial charge in [0.2, 0.25) is 0 Å². The molecule has 0 bridgehead atoms. The third kappa shape index (κ3) is 4.29. The third-order valence-electron chi connectivity index (χ3n) is 4.88. The average Bonchev–Trinajstić information content (AvgIpc) is 2.67. The van der Waals surface area contributed by atoms with Crippen LogP contribution >= 0.6 is 0 Å².